The predicted octanol–water partition coefficient (Wildman–Crippen LogP) is 2.74. The molecule has 0 saturated carbocycles. The fourth-order valence-corrected chi connectivity index (χ4v) is 2.21. The van der Waals surface area contributed by atoms with Crippen molar-refractivity contribution in [2.45, 2.75) is 6.54 Å². The summed E-state index contributed by atoms with van der Waals surface area (Å²) < 4.78 is 16.2. The molecule has 0 unspecified atom stereocenters. The number of benzene rings is 1. The number of methoxy groups -OCH3 is 3. The van der Waals surface area contributed by atoms with Crippen LogP contribution in [0.2, 0.25) is 0 Å². The van der Waals surface area contributed by atoms with Gasteiger partial charge in [-0.15, -0.1) is 0 Å². The molecular formula is C16H20N2O3. The Morgan fingerprint density at radius 2 is 1.76 bits per heavy atom. The van der Waals surface area contributed by atoms with Crippen LogP contribution in [0.25, 0.3) is 0 Å². The van der Waals surface area contributed by atoms with Gasteiger partial charge in [0.1, 0.15) is 0 Å². The standard InChI is InChI=1S/C16H20N2O3/c1-18(13-6-5-9-17-10-13)11-12-7-8-14(19-2)16(21-4)15(12)20-3/h5-10H,11H2,1-4H3. The molecule has 0 bridgehead atoms. The summed E-state index contributed by atoms with van der Waals surface area (Å²) in [6, 6.07) is 7.79. The highest BCUT2D eigenvalue weighted by Gasteiger charge is 2.16. The van der Waals surface area contributed by atoms with Gasteiger partial charge in [0.2, 0.25) is 5.75 Å². The van der Waals surface area contributed by atoms with Crippen LogP contribution < -0.4 is 19.1 Å². The molecule has 0 radical (unpaired) electrons. The molecule has 21 heavy (non-hydrogen) atoms. The van der Waals surface area contributed by atoms with Crippen LogP contribution >= 0.6 is 0 Å². The van der Waals surface area contributed by atoms with E-state index in [0.717, 1.165) is 11.3 Å². The number of hydrogen-bond acceptors (Lipinski definition) is 5. The van der Waals surface area contributed by atoms with Gasteiger partial charge in [0.25, 0.3) is 0 Å². The maximum atomic E-state index is 5.50. The van der Waals surface area contributed by atoms with Crippen molar-refractivity contribution in [1.82, 2.24) is 4.98 Å². The van der Waals surface area contributed by atoms with Crippen LogP contribution in [0.1, 0.15) is 5.56 Å². The number of aromatic nitrogens is 1. The lowest BCUT2D eigenvalue weighted by molar-refractivity contribution is 0.322. The second-order valence-electron chi connectivity index (χ2n) is 4.56. The maximum Gasteiger partial charge on any atom is 0.203 e. The highest BCUT2D eigenvalue weighted by molar-refractivity contribution is 5.57. The van der Waals surface area contributed by atoms with Gasteiger partial charge in [-0.3, -0.25) is 4.98 Å². The molecule has 0 aliphatic carbocycles. The first-order valence-electron chi connectivity index (χ1n) is 6.60. The molecule has 0 aliphatic heterocycles. The third-order valence-corrected chi connectivity index (χ3v) is 3.28. The minimum absolute atomic E-state index is 0.608. The van der Waals surface area contributed by atoms with E-state index in [1.54, 1.807) is 27.5 Å². The van der Waals surface area contributed by atoms with Crippen molar-refractivity contribution < 1.29 is 14.2 Å². The SMILES string of the molecule is COc1ccc(CN(C)c2cccnc2)c(OC)c1OC. The van der Waals surface area contributed by atoms with Crippen molar-refractivity contribution in [2.24, 2.45) is 0 Å². The first-order valence-corrected chi connectivity index (χ1v) is 6.60. The summed E-state index contributed by atoms with van der Waals surface area (Å²) in [5, 5.41) is 0. The van der Waals surface area contributed by atoms with Crippen LogP contribution in [0.5, 0.6) is 17.2 Å². The molecule has 0 N–H and O–H groups in total. The number of anilines is 1. The Labute approximate surface area is 125 Å². The first kappa shape index (κ1) is 15.0. The number of ether oxygens (including phenoxy) is 3. The minimum atomic E-state index is 0.608. The lowest BCUT2D eigenvalue weighted by Gasteiger charge is -2.22. The zero-order valence-corrected chi connectivity index (χ0v) is 12.8. The maximum absolute atomic E-state index is 5.50. The van der Waals surface area contributed by atoms with Gasteiger partial charge >= 0.3 is 0 Å². The van der Waals surface area contributed by atoms with Gasteiger partial charge in [0.05, 0.1) is 33.2 Å². The summed E-state index contributed by atoms with van der Waals surface area (Å²) in [5.41, 5.74) is 2.05. The molecule has 1 heterocycles. The summed E-state index contributed by atoms with van der Waals surface area (Å²) in [5.74, 6) is 1.95. The number of nitrogens with zero attached hydrogens (tertiary/aromatic N) is 2. The summed E-state index contributed by atoms with van der Waals surface area (Å²) in [6.45, 7) is 0.676. The van der Waals surface area contributed by atoms with Crippen LogP contribution in [-0.2, 0) is 6.54 Å². The van der Waals surface area contributed by atoms with E-state index in [9.17, 15) is 0 Å². The van der Waals surface area contributed by atoms with E-state index in [0.29, 0.717) is 23.8 Å². The molecule has 0 saturated heterocycles. The zero-order valence-electron chi connectivity index (χ0n) is 12.8. The Morgan fingerprint density at radius 1 is 1.00 bits per heavy atom. The van der Waals surface area contributed by atoms with Crippen molar-refractivity contribution >= 4 is 5.69 Å². The zero-order chi connectivity index (χ0) is 15.2. The van der Waals surface area contributed by atoms with E-state index in [2.05, 4.69) is 9.88 Å². The van der Waals surface area contributed by atoms with Crippen molar-refractivity contribution in [3.8, 4) is 17.2 Å². The smallest absolute Gasteiger partial charge is 0.203 e. The highest BCUT2D eigenvalue weighted by Crippen LogP contribution is 2.40. The van der Waals surface area contributed by atoms with E-state index in [1.165, 1.54) is 0 Å². The van der Waals surface area contributed by atoms with Gasteiger partial charge in [0.15, 0.2) is 11.5 Å². The molecule has 0 aliphatic rings. The third-order valence-electron chi connectivity index (χ3n) is 3.28. The van der Waals surface area contributed by atoms with Gasteiger partial charge in [-0.25, -0.2) is 0 Å². The Balaban J connectivity index is 2.32. The Hall–Kier alpha value is -2.43. The average molecular weight is 288 g/mol. The van der Waals surface area contributed by atoms with E-state index in [4.69, 9.17) is 14.2 Å². The molecule has 0 atom stereocenters. The lowest BCUT2D eigenvalue weighted by atomic mass is 10.1. The topological polar surface area (TPSA) is 43.8 Å². The summed E-state index contributed by atoms with van der Waals surface area (Å²) in [7, 11) is 6.85. The monoisotopic (exact) mass is 288 g/mol. The summed E-state index contributed by atoms with van der Waals surface area (Å²) in [6.07, 6.45) is 3.58. The average Bonchev–Trinajstić information content (AvgIpc) is 2.54. The van der Waals surface area contributed by atoms with E-state index in [1.807, 2.05) is 37.5 Å². The van der Waals surface area contributed by atoms with Crippen LogP contribution in [-0.4, -0.2) is 33.4 Å². The lowest BCUT2D eigenvalue weighted by Crippen LogP contribution is -2.17. The van der Waals surface area contributed by atoms with Gasteiger partial charge < -0.3 is 19.1 Å². The van der Waals surface area contributed by atoms with Crippen LogP contribution in [0.4, 0.5) is 5.69 Å². The first-order chi connectivity index (χ1) is 10.2. The van der Waals surface area contributed by atoms with E-state index >= 15 is 0 Å². The number of hydrogen-bond donors (Lipinski definition) is 0. The van der Waals surface area contributed by atoms with Crippen molar-refractivity contribution in [3.05, 3.63) is 42.2 Å². The molecule has 1 aromatic heterocycles. The number of rotatable bonds is 6. The Bertz CT molecular complexity index is 588. The predicted molar refractivity (Wildman–Crippen MR) is 82.4 cm³/mol. The third kappa shape index (κ3) is 3.18. The van der Waals surface area contributed by atoms with Crippen LogP contribution in [0.3, 0.4) is 0 Å². The molecule has 112 valence electrons. The summed E-state index contributed by atoms with van der Waals surface area (Å²) in [4.78, 5) is 6.23. The molecule has 0 amide bonds. The molecule has 1 aromatic carbocycles. The van der Waals surface area contributed by atoms with E-state index in [-0.39, 0.29) is 0 Å². The van der Waals surface area contributed by atoms with Crippen LogP contribution in [0, 0.1) is 0 Å². The van der Waals surface area contributed by atoms with E-state index < -0.39 is 0 Å². The van der Waals surface area contributed by atoms with Crippen molar-refractivity contribution in [1.29, 1.82) is 0 Å². The highest BCUT2D eigenvalue weighted by atomic mass is 16.5. The Kier molecular flexibility index (Phi) is 4.87. The van der Waals surface area contributed by atoms with Gasteiger partial charge in [-0.1, -0.05) is 0 Å². The minimum Gasteiger partial charge on any atom is -0.493 e. The molecular weight excluding hydrogens is 268 g/mol. The molecule has 0 spiro atoms. The fraction of sp³-hybridized carbons (Fsp3) is 0.312. The molecule has 5 nitrogen and oxygen atoms in total. The molecule has 2 rings (SSSR count). The largest absolute Gasteiger partial charge is 0.493 e. The second-order valence-corrected chi connectivity index (χ2v) is 4.56. The van der Waals surface area contributed by atoms with Crippen molar-refractivity contribution in [3.63, 3.8) is 0 Å². The van der Waals surface area contributed by atoms with Crippen molar-refractivity contribution in [2.75, 3.05) is 33.3 Å². The normalized spacial score (nSPS) is 10.1. The van der Waals surface area contributed by atoms with Gasteiger partial charge in [-0.05, 0) is 24.3 Å². The van der Waals surface area contributed by atoms with Gasteiger partial charge in [-0.2, -0.15) is 0 Å². The Morgan fingerprint density at radius 3 is 2.33 bits per heavy atom. The number of pyridine rings is 1. The van der Waals surface area contributed by atoms with Crippen LogP contribution in [0.15, 0.2) is 36.7 Å². The second kappa shape index (κ2) is 6.83. The molecule has 2 aromatic rings. The molecule has 5 heteroatoms. The quantitative estimate of drug-likeness (QED) is 0.817. The fourth-order valence-electron chi connectivity index (χ4n) is 2.21. The van der Waals surface area contributed by atoms with Gasteiger partial charge in [0, 0.05) is 25.4 Å². The molecule has 0 fully saturated rings. The summed E-state index contributed by atoms with van der Waals surface area (Å²) >= 11 is 0.